The van der Waals surface area contributed by atoms with Gasteiger partial charge in [-0.15, -0.1) is 0 Å². The Morgan fingerprint density at radius 3 is 3.16 bits per heavy atom. The molecule has 100 valence electrons. The van der Waals surface area contributed by atoms with E-state index >= 15 is 0 Å². The third kappa shape index (κ3) is 2.49. The second kappa shape index (κ2) is 5.05. The van der Waals surface area contributed by atoms with E-state index in [0.29, 0.717) is 0 Å². The maximum atomic E-state index is 11.3. The Balaban J connectivity index is 1.77. The van der Waals surface area contributed by atoms with Crippen LogP contribution < -0.4 is 5.73 Å². The molecule has 1 fully saturated rings. The van der Waals surface area contributed by atoms with E-state index in [1.165, 1.54) is 16.5 Å². The highest BCUT2D eigenvalue weighted by molar-refractivity contribution is 5.82. The topological polar surface area (TPSA) is 62.1 Å². The number of carbonyl (C=O) groups excluding carboxylic acids is 1. The van der Waals surface area contributed by atoms with E-state index in [-0.39, 0.29) is 11.8 Å². The van der Waals surface area contributed by atoms with E-state index in [0.717, 1.165) is 32.5 Å². The molecule has 0 radical (unpaired) electrons. The van der Waals surface area contributed by atoms with Gasteiger partial charge in [0.1, 0.15) is 0 Å². The molecule has 0 spiro atoms. The number of rotatable bonds is 3. The summed E-state index contributed by atoms with van der Waals surface area (Å²) in [6.07, 6.45) is 3.95. The molecule has 0 bridgehead atoms. The highest BCUT2D eigenvalue weighted by Crippen LogP contribution is 2.22. The van der Waals surface area contributed by atoms with E-state index in [4.69, 9.17) is 5.73 Å². The number of para-hydroxylation sites is 1. The molecule has 1 amide bonds. The number of piperidine rings is 1. The Labute approximate surface area is 112 Å². The number of nitrogens with zero attached hydrogens (tertiary/aromatic N) is 1. The fourth-order valence-electron chi connectivity index (χ4n) is 2.95. The van der Waals surface area contributed by atoms with Crippen LogP contribution in [0.3, 0.4) is 0 Å². The predicted molar refractivity (Wildman–Crippen MR) is 75.5 cm³/mol. The van der Waals surface area contributed by atoms with Crippen LogP contribution in [0.15, 0.2) is 30.5 Å². The number of benzene rings is 1. The maximum absolute atomic E-state index is 11.3. The van der Waals surface area contributed by atoms with Crippen LogP contribution in [0.5, 0.6) is 0 Å². The van der Waals surface area contributed by atoms with Crippen molar-refractivity contribution in [1.82, 2.24) is 9.88 Å². The molecule has 2 aromatic rings. The summed E-state index contributed by atoms with van der Waals surface area (Å²) in [5.74, 6) is -0.153. The molecule has 19 heavy (non-hydrogen) atoms. The minimum Gasteiger partial charge on any atom is -0.369 e. The summed E-state index contributed by atoms with van der Waals surface area (Å²) < 4.78 is 0. The number of H-pyrrole nitrogens is 1. The molecule has 0 saturated carbocycles. The first-order valence-electron chi connectivity index (χ1n) is 6.80. The highest BCUT2D eigenvalue weighted by Gasteiger charge is 2.24. The average Bonchev–Trinajstić information content (AvgIpc) is 2.88. The molecule has 3 N–H and O–H groups in total. The predicted octanol–water partition coefficient (Wildman–Crippen LogP) is 1.87. The number of likely N-dealkylation sites (tertiary alicyclic amines) is 1. The lowest BCUT2D eigenvalue weighted by Crippen LogP contribution is -2.40. The summed E-state index contributed by atoms with van der Waals surface area (Å²) in [7, 11) is 0. The first-order chi connectivity index (χ1) is 9.24. The number of amides is 1. The summed E-state index contributed by atoms with van der Waals surface area (Å²) in [6, 6.07) is 8.42. The Kier molecular flexibility index (Phi) is 3.25. The van der Waals surface area contributed by atoms with Crippen molar-refractivity contribution >= 4 is 16.8 Å². The SMILES string of the molecule is NC(=O)[C@H]1CCCN(Cc2cccc3cc[nH]c23)C1. The number of carbonyl (C=O) groups is 1. The van der Waals surface area contributed by atoms with Gasteiger partial charge in [0.25, 0.3) is 0 Å². The van der Waals surface area contributed by atoms with Crippen molar-refractivity contribution in [2.45, 2.75) is 19.4 Å². The molecular weight excluding hydrogens is 238 g/mol. The van der Waals surface area contributed by atoms with Gasteiger partial charge in [0.2, 0.25) is 5.91 Å². The number of aromatic nitrogens is 1. The Morgan fingerprint density at radius 1 is 1.42 bits per heavy atom. The highest BCUT2D eigenvalue weighted by atomic mass is 16.1. The van der Waals surface area contributed by atoms with Gasteiger partial charge in [0, 0.05) is 24.8 Å². The first kappa shape index (κ1) is 12.2. The van der Waals surface area contributed by atoms with Gasteiger partial charge in [-0.2, -0.15) is 0 Å². The normalized spacial score (nSPS) is 20.7. The first-order valence-corrected chi connectivity index (χ1v) is 6.80. The van der Waals surface area contributed by atoms with Gasteiger partial charge in [-0.25, -0.2) is 0 Å². The fraction of sp³-hybridized carbons (Fsp3) is 0.400. The lowest BCUT2D eigenvalue weighted by atomic mass is 9.97. The molecule has 2 heterocycles. The van der Waals surface area contributed by atoms with Crippen LogP contribution in [0.4, 0.5) is 0 Å². The van der Waals surface area contributed by atoms with Gasteiger partial charge in [-0.3, -0.25) is 9.69 Å². The molecule has 0 unspecified atom stereocenters. The fourth-order valence-corrected chi connectivity index (χ4v) is 2.95. The number of nitrogens with two attached hydrogens (primary N) is 1. The second-order valence-electron chi connectivity index (χ2n) is 5.34. The van der Waals surface area contributed by atoms with Gasteiger partial charge in [0.05, 0.1) is 5.92 Å². The van der Waals surface area contributed by atoms with E-state index in [9.17, 15) is 4.79 Å². The molecule has 1 aliphatic heterocycles. The van der Waals surface area contributed by atoms with Gasteiger partial charge in [-0.05, 0) is 36.4 Å². The molecule has 1 aliphatic rings. The third-order valence-electron chi connectivity index (χ3n) is 3.98. The molecule has 0 aliphatic carbocycles. The van der Waals surface area contributed by atoms with Crippen molar-refractivity contribution in [3.05, 3.63) is 36.0 Å². The molecule has 1 aromatic heterocycles. The van der Waals surface area contributed by atoms with Crippen LogP contribution in [0.25, 0.3) is 10.9 Å². The number of primary amides is 1. The summed E-state index contributed by atoms with van der Waals surface area (Å²) in [5.41, 5.74) is 7.91. The Hall–Kier alpha value is -1.81. The summed E-state index contributed by atoms with van der Waals surface area (Å²) in [5, 5.41) is 1.24. The average molecular weight is 257 g/mol. The zero-order valence-corrected chi connectivity index (χ0v) is 10.9. The van der Waals surface area contributed by atoms with Crippen molar-refractivity contribution in [2.24, 2.45) is 11.7 Å². The Morgan fingerprint density at radius 2 is 2.32 bits per heavy atom. The van der Waals surface area contributed by atoms with Crippen LogP contribution in [0, 0.1) is 5.92 Å². The van der Waals surface area contributed by atoms with Crippen LogP contribution in [-0.2, 0) is 11.3 Å². The molecule has 4 heteroatoms. The van der Waals surface area contributed by atoms with E-state index in [1.807, 2.05) is 6.20 Å². The summed E-state index contributed by atoms with van der Waals surface area (Å²) in [6.45, 7) is 2.70. The van der Waals surface area contributed by atoms with Crippen molar-refractivity contribution in [1.29, 1.82) is 0 Å². The number of hydrogen-bond donors (Lipinski definition) is 2. The van der Waals surface area contributed by atoms with Crippen molar-refractivity contribution in [2.75, 3.05) is 13.1 Å². The molecule has 1 saturated heterocycles. The molecule has 1 aromatic carbocycles. The lowest BCUT2D eigenvalue weighted by Gasteiger charge is -2.31. The monoisotopic (exact) mass is 257 g/mol. The number of nitrogens with one attached hydrogen (secondary N) is 1. The van der Waals surface area contributed by atoms with Crippen molar-refractivity contribution in [3.63, 3.8) is 0 Å². The molecular formula is C15H19N3O. The third-order valence-corrected chi connectivity index (χ3v) is 3.98. The molecule has 4 nitrogen and oxygen atoms in total. The maximum Gasteiger partial charge on any atom is 0.221 e. The number of fused-ring (bicyclic) bond motifs is 1. The van der Waals surface area contributed by atoms with Crippen LogP contribution in [0.2, 0.25) is 0 Å². The van der Waals surface area contributed by atoms with Crippen LogP contribution in [0.1, 0.15) is 18.4 Å². The van der Waals surface area contributed by atoms with Crippen LogP contribution in [-0.4, -0.2) is 28.9 Å². The standard InChI is InChI=1S/C15H19N3O/c16-15(19)13-5-2-8-18(10-13)9-12-4-1-3-11-6-7-17-14(11)12/h1,3-4,6-7,13,17H,2,5,8-10H2,(H2,16,19)/t13-/m0/s1. The smallest absolute Gasteiger partial charge is 0.221 e. The largest absolute Gasteiger partial charge is 0.369 e. The zero-order chi connectivity index (χ0) is 13.2. The Bertz CT molecular complexity index is 590. The molecule has 3 rings (SSSR count). The summed E-state index contributed by atoms with van der Waals surface area (Å²) >= 11 is 0. The van der Waals surface area contributed by atoms with E-state index in [2.05, 4.69) is 34.1 Å². The summed E-state index contributed by atoms with van der Waals surface area (Å²) in [4.78, 5) is 16.9. The number of aromatic amines is 1. The number of hydrogen-bond acceptors (Lipinski definition) is 2. The van der Waals surface area contributed by atoms with Gasteiger partial charge in [0.15, 0.2) is 0 Å². The van der Waals surface area contributed by atoms with Crippen molar-refractivity contribution in [3.8, 4) is 0 Å². The minimum absolute atomic E-state index is 0.0107. The second-order valence-corrected chi connectivity index (χ2v) is 5.34. The van der Waals surface area contributed by atoms with Gasteiger partial charge in [-0.1, -0.05) is 18.2 Å². The quantitative estimate of drug-likeness (QED) is 0.881. The van der Waals surface area contributed by atoms with E-state index < -0.39 is 0 Å². The van der Waals surface area contributed by atoms with E-state index in [1.54, 1.807) is 0 Å². The van der Waals surface area contributed by atoms with Crippen LogP contribution >= 0.6 is 0 Å². The lowest BCUT2D eigenvalue weighted by molar-refractivity contribution is -0.123. The molecule has 1 atom stereocenters. The van der Waals surface area contributed by atoms with Crippen molar-refractivity contribution < 1.29 is 4.79 Å². The zero-order valence-electron chi connectivity index (χ0n) is 10.9. The van der Waals surface area contributed by atoms with Gasteiger partial charge < -0.3 is 10.7 Å². The van der Waals surface area contributed by atoms with Gasteiger partial charge >= 0.3 is 0 Å². The minimum atomic E-state index is -0.164.